The van der Waals surface area contributed by atoms with Gasteiger partial charge in [0.05, 0.1) is 15.7 Å². The Hall–Kier alpha value is -2.14. The molecule has 0 atom stereocenters. The van der Waals surface area contributed by atoms with E-state index in [1.165, 1.54) is 12.1 Å². The predicted molar refractivity (Wildman–Crippen MR) is 80.3 cm³/mol. The maximum Gasteiger partial charge on any atom is 0.141 e. The molecule has 0 saturated heterocycles. The summed E-state index contributed by atoms with van der Waals surface area (Å²) in [6, 6.07) is 11.5. The third-order valence-electron chi connectivity index (χ3n) is 2.87. The van der Waals surface area contributed by atoms with Gasteiger partial charge in [-0.15, -0.1) is 0 Å². The molecule has 5 heteroatoms. The maximum atomic E-state index is 13.1. The molecule has 3 aromatic rings. The molecule has 0 saturated carbocycles. The quantitative estimate of drug-likeness (QED) is 0.702. The summed E-state index contributed by atoms with van der Waals surface area (Å²) in [5, 5.41) is 0.809. The summed E-state index contributed by atoms with van der Waals surface area (Å²) in [6.07, 6.45) is 1.68. The van der Waals surface area contributed by atoms with E-state index >= 15 is 0 Å². The van der Waals surface area contributed by atoms with Gasteiger partial charge in [0.2, 0.25) is 0 Å². The number of nitrogen functional groups attached to an aromatic ring is 1. The molecular formula is C15H10BrFN2O. The number of halogens is 2. The number of aromatic nitrogens is 1. The minimum absolute atomic E-state index is 0.326. The van der Waals surface area contributed by atoms with E-state index in [4.69, 9.17) is 10.5 Å². The lowest BCUT2D eigenvalue weighted by atomic mass is 10.1. The Balaban J connectivity index is 2.09. The molecule has 0 radical (unpaired) electrons. The Morgan fingerprint density at radius 1 is 1.10 bits per heavy atom. The van der Waals surface area contributed by atoms with Gasteiger partial charge in [0, 0.05) is 11.6 Å². The summed E-state index contributed by atoms with van der Waals surface area (Å²) >= 11 is 3.28. The van der Waals surface area contributed by atoms with Crippen LogP contribution in [0, 0.1) is 5.82 Å². The van der Waals surface area contributed by atoms with Crippen LogP contribution in [0.1, 0.15) is 0 Å². The number of nitrogens with zero attached hydrogens (tertiary/aromatic N) is 1. The molecule has 100 valence electrons. The molecule has 0 aliphatic heterocycles. The first-order valence-corrected chi connectivity index (χ1v) is 6.70. The summed E-state index contributed by atoms with van der Waals surface area (Å²) < 4.78 is 19.5. The van der Waals surface area contributed by atoms with Gasteiger partial charge in [0.1, 0.15) is 17.3 Å². The van der Waals surface area contributed by atoms with Crippen LogP contribution in [0.25, 0.3) is 10.9 Å². The lowest BCUT2D eigenvalue weighted by molar-refractivity contribution is 0.482. The summed E-state index contributed by atoms with van der Waals surface area (Å²) in [5.74, 6) is 0.823. The average molecular weight is 333 g/mol. The van der Waals surface area contributed by atoms with Crippen molar-refractivity contribution in [3.05, 3.63) is 59.0 Å². The van der Waals surface area contributed by atoms with Crippen molar-refractivity contribution in [1.29, 1.82) is 0 Å². The van der Waals surface area contributed by atoms with Crippen molar-refractivity contribution in [2.24, 2.45) is 0 Å². The fraction of sp³-hybridized carbons (Fsp3) is 0. The number of anilines is 1. The molecule has 2 aromatic carbocycles. The first-order chi connectivity index (χ1) is 9.65. The van der Waals surface area contributed by atoms with Gasteiger partial charge < -0.3 is 10.5 Å². The molecule has 0 aliphatic rings. The number of benzene rings is 2. The maximum absolute atomic E-state index is 13.1. The van der Waals surface area contributed by atoms with Gasteiger partial charge in [0.25, 0.3) is 0 Å². The van der Waals surface area contributed by atoms with Crippen LogP contribution in [0.15, 0.2) is 53.1 Å². The molecule has 0 bridgehead atoms. The third kappa shape index (κ3) is 2.32. The number of hydrogen-bond donors (Lipinski definition) is 1. The third-order valence-corrected chi connectivity index (χ3v) is 3.49. The Morgan fingerprint density at radius 3 is 2.70 bits per heavy atom. The molecule has 3 nitrogen and oxygen atoms in total. The molecule has 1 heterocycles. The van der Waals surface area contributed by atoms with E-state index in [2.05, 4.69) is 20.9 Å². The lowest BCUT2D eigenvalue weighted by Crippen LogP contribution is -1.93. The summed E-state index contributed by atoms with van der Waals surface area (Å²) in [6.45, 7) is 0. The Bertz CT molecular complexity index is 792. The van der Waals surface area contributed by atoms with Gasteiger partial charge in [-0.25, -0.2) is 4.39 Å². The van der Waals surface area contributed by atoms with Crippen molar-refractivity contribution in [2.75, 3.05) is 5.73 Å². The minimum atomic E-state index is -0.326. The van der Waals surface area contributed by atoms with Gasteiger partial charge in [-0.05, 0) is 58.4 Å². The van der Waals surface area contributed by atoms with E-state index in [9.17, 15) is 4.39 Å². The van der Waals surface area contributed by atoms with Crippen molar-refractivity contribution in [1.82, 2.24) is 4.98 Å². The second-order valence-corrected chi connectivity index (χ2v) is 5.08. The zero-order chi connectivity index (χ0) is 14.1. The fourth-order valence-electron chi connectivity index (χ4n) is 1.93. The Morgan fingerprint density at radius 2 is 1.90 bits per heavy atom. The van der Waals surface area contributed by atoms with E-state index in [0.29, 0.717) is 27.2 Å². The average Bonchev–Trinajstić information content (AvgIpc) is 2.45. The molecule has 1 aromatic heterocycles. The minimum Gasteiger partial charge on any atom is -0.455 e. The molecule has 0 fully saturated rings. The molecule has 0 amide bonds. The van der Waals surface area contributed by atoms with Gasteiger partial charge in [0.15, 0.2) is 0 Å². The number of ether oxygens (including phenoxy) is 1. The van der Waals surface area contributed by atoms with E-state index in [0.717, 1.165) is 5.39 Å². The standard InChI is InChI=1S/C15H10BrFN2O/c16-11-8-9(17)3-5-14(11)20-13-6-4-12(18)15-10(13)2-1-7-19-15/h1-8H,18H2. The molecule has 0 spiro atoms. The number of fused-ring (bicyclic) bond motifs is 1. The van der Waals surface area contributed by atoms with E-state index in [-0.39, 0.29) is 5.82 Å². The first kappa shape index (κ1) is 12.9. The zero-order valence-corrected chi connectivity index (χ0v) is 11.9. The zero-order valence-electron chi connectivity index (χ0n) is 10.3. The molecule has 20 heavy (non-hydrogen) atoms. The van der Waals surface area contributed by atoms with Crippen LogP contribution in [-0.2, 0) is 0 Å². The highest BCUT2D eigenvalue weighted by Gasteiger charge is 2.09. The highest BCUT2D eigenvalue weighted by molar-refractivity contribution is 9.10. The SMILES string of the molecule is Nc1ccc(Oc2ccc(F)cc2Br)c2cccnc12. The van der Waals surface area contributed by atoms with Gasteiger partial charge in [-0.3, -0.25) is 4.98 Å². The molecule has 0 unspecified atom stereocenters. The fourth-order valence-corrected chi connectivity index (χ4v) is 2.37. The number of pyridine rings is 1. The van der Waals surface area contributed by atoms with Crippen LogP contribution in [-0.4, -0.2) is 4.98 Å². The largest absolute Gasteiger partial charge is 0.455 e. The Labute approximate surface area is 123 Å². The lowest BCUT2D eigenvalue weighted by Gasteiger charge is -2.11. The van der Waals surface area contributed by atoms with Crippen LogP contribution < -0.4 is 10.5 Å². The highest BCUT2D eigenvalue weighted by atomic mass is 79.9. The molecule has 0 aliphatic carbocycles. The van der Waals surface area contributed by atoms with Crippen LogP contribution in [0.4, 0.5) is 10.1 Å². The number of nitrogens with two attached hydrogens (primary N) is 1. The van der Waals surface area contributed by atoms with Crippen molar-refractivity contribution < 1.29 is 9.13 Å². The normalized spacial score (nSPS) is 10.7. The molecular weight excluding hydrogens is 323 g/mol. The number of rotatable bonds is 2. The van der Waals surface area contributed by atoms with E-state index in [1.807, 2.05) is 12.1 Å². The Kier molecular flexibility index (Phi) is 3.28. The second-order valence-electron chi connectivity index (χ2n) is 4.23. The number of hydrogen-bond acceptors (Lipinski definition) is 3. The van der Waals surface area contributed by atoms with Crippen LogP contribution in [0.3, 0.4) is 0 Å². The van der Waals surface area contributed by atoms with Gasteiger partial charge in [-0.1, -0.05) is 0 Å². The molecule has 2 N–H and O–H groups in total. The first-order valence-electron chi connectivity index (χ1n) is 5.91. The van der Waals surface area contributed by atoms with Gasteiger partial charge in [-0.2, -0.15) is 0 Å². The summed E-state index contributed by atoms with van der Waals surface area (Å²) in [7, 11) is 0. The van der Waals surface area contributed by atoms with E-state index < -0.39 is 0 Å². The van der Waals surface area contributed by atoms with Crippen molar-refractivity contribution >= 4 is 32.5 Å². The van der Waals surface area contributed by atoms with Crippen molar-refractivity contribution in [2.45, 2.75) is 0 Å². The predicted octanol–water partition coefficient (Wildman–Crippen LogP) is 4.51. The molecule has 3 rings (SSSR count). The topological polar surface area (TPSA) is 48.1 Å². The second kappa shape index (κ2) is 5.09. The van der Waals surface area contributed by atoms with Crippen LogP contribution in [0.5, 0.6) is 11.5 Å². The van der Waals surface area contributed by atoms with Crippen LogP contribution >= 0.6 is 15.9 Å². The summed E-state index contributed by atoms with van der Waals surface area (Å²) in [4.78, 5) is 4.24. The van der Waals surface area contributed by atoms with Crippen LogP contribution in [0.2, 0.25) is 0 Å². The van der Waals surface area contributed by atoms with Gasteiger partial charge >= 0.3 is 0 Å². The monoisotopic (exact) mass is 332 g/mol. The smallest absolute Gasteiger partial charge is 0.141 e. The highest BCUT2D eigenvalue weighted by Crippen LogP contribution is 2.35. The van der Waals surface area contributed by atoms with E-state index in [1.54, 1.807) is 24.4 Å². The van der Waals surface area contributed by atoms with Crippen molar-refractivity contribution in [3.8, 4) is 11.5 Å². The summed E-state index contributed by atoms with van der Waals surface area (Å²) in [5.41, 5.74) is 7.16. The van der Waals surface area contributed by atoms with Crippen molar-refractivity contribution in [3.63, 3.8) is 0 Å².